The number of hydrogen-bond acceptors (Lipinski definition) is 0. The molecule has 0 aliphatic heterocycles. The molecule has 0 heterocycles. The monoisotopic (exact) mass is 146 g/mol. The molecule has 0 aliphatic carbocycles. The minimum Gasteiger partial charge on any atom is -1.00 e. The van der Waals surface area contributed by atoms with Gasteiger partial charge in [-0.3, -0.25) is 0 Å². The molecule has 0 saturated carbocycles. The summed E-state index contributed by atoms with van der Waals surface area (Å²) in [6.45, 7) is 0. The fourth-order valence-electron chi connectivity index (χ4n) is 0. The smallest absolute Gasteiger partial charge is 1.00 e. The fourth-order valence-corrected chi connectivity index (χ4v) is 0. The van der Waals surface area contributed by atoms with Crippen molar-refractivity contribution >= 4 is 40.4 Å². The Balaban J connectivity index is 0. The Hall–Kier alpha value is 0.949. The number of halogens is 5. The van der Waals surface area contributed by atoms with Crippen LogP contribution in [0.1, 0.15) is 0 Å². The molecule has 0 aromatic heterocycles. The van der Waals surface area contributed by atoms with Gasteiger partial charge in [0.2, 0.25) is 0 Å². The Bertz CT molecular complexity index is 8.04. The molecule has 0 unspecified atom stereocenters. The van der Waals surface area contributed by atoms with Crippen LogP contribution >= 0.6 is 0 Å². The summed E-state index contributed by atoms with van der Waals surface area (Å²) in [5, 5.41) is 0. The molecule has 0 atom stereocenters. The van der Waals surface area contributed by atoms with Gasteiger partial charge in [-0.25, -0.2) is 0 Å². The molecule has 0 nitrogen and oxygen atoms in total. The molecule has 7 heteroatoms. The van der Waals surface area contributed by atoms with Crippen molar-refractivity contribution in [3.63, 3.8) is 0 Å². The average Bonchev–Trinajstić information content (AvgIpc) is 0. The van der Waals surface area contributed by atoms with Gasteiger partial charge in [-0.2, -0.15) is 0 Å². The summed E-state index contributed by atoms with van der Waals surface area (Å²) in [5.41, 5.74) is 0. The third-order valence-electron chi connectivity index (χ3n) is 0. The molecule has 0 aliphatic rings. The second-order valence-electron chi connectivity index (χ2n) is 0. The Morgan fingerprint density at radius 2 is 0.429 bits per heavy atom. The summed E-state index contributed by atoms with van der Waals surface area (Å²) >= 11 is 0. The summed E-state index contributed by atoms with van der Waals surface area (Å²) in [6, 6.07) is 0. The Kier molecular flexibility index (Phi) is 16600. The summed E-state index contributed by atoms with van der Waals surface area (Å²) in [7, 11) is 0. The van der Waals surface area contributed by atoms with Crippen molar-refractivity contribution in [3.05, 3.63) is 0 Å². The van der Waals surface area contributed by atoms with E-state index in [2.05, 4.69) is 0 Å². The van der Waals surface area contributed by atoms with E-state index in [1.165, 1.54) is 0 Å². The molecule has 0 amide bonds. The van der Waals surface area contributed by atoms with Crippen LogP contribution in [0.5, 0.6) is 0 Å². The first-order chi connectivity index (χ1) is 0. The largest absolute Gasteiger partial charge is 3.00 e. The third-order valence-corrected chi connectivity index (χ3v) is 0. The quantitative estimate of drug-likeness (QED) is 0.235. The van der Waals surface area contributed by atoms with Gasteiger partial charge in [0.1, 0.15) is 0 Å². The normalized spacial score (nSPS) is 0. The van der Waals surface area contributed by atoms with Gasteiger partial charge in [0.25, 0.3) is 0 Å². The molecular weight excluding hydrogens is 146 g/mol. The van der Waals surface area contributed by atoms with Crippen LogP contribution in [0.2, 0.25) is 0 Å². The molecule has 0 spiro atoms. The molecule has 0 radical (unpaired) electrons. The van der Waals surface area contributed by atoms with Crippen LogP contribution in [0, 0.1) is 0 Å². The minimum atomic E-state index is 0. The first-order valence-corrected chi connectivity index (χ1v) is 0. The van der Waals surface area contributed by atoms with Gasteiger partial charge >= 0.3 is 40.4 Å². The molecule has 0 aromatic rings. The second-order valence-corrected chi connectivity index (χ2v) is 0. The molecule has 0 fully saturated rings. The van der Waals surface area contributed by atoms with Crippen molar-refractivity contribution in [1.82, 2.24) is 0 Å². The summed E-state index contributed by atoms with van der Waals surface area (Å²) in [6.07, 6.45) is 0. The zero-order valence-electron chi connectivity index (χ0n) is 3.17. The maximum Gasteiger partial charge on any atom is 3.00 e. The van der Waals surface area contributed by atoms with Gasteiger partial charge < -0.3 is 23.5 Å². The van der Waals surface area contributed by atoms with E-state index in [9.17, 15) is 0 Å². The maximum absolute atomic E-state index is 0. The molecule has 0 bridgehead atoms. The van der Waals surface area contributed by atoms with Crippen LogP contribution < -0.4 is 23.5 Å². The van der Waals surface area contributed by atoms with Crippen molar-refractivity contribution < 1.29 is 23.5 Å². The fraction of sp³-hybridized carbons (Fsp3) is 0. The molecule has 0 N–H and O–H groups in total. The van der Waals surface area contributed by atoms with Crippen molar-refractivity contribution in [2.24, 2.45) is 0 Å². The first kappa shape index (κ1) is 426. The zero-order valence-corrected chi connectivity index (χ0v) is 5.74. The molecule has 0 rings (SSSR count). The van der Waals surface area contributed by atoms with Crippen LogP contribution in [-0.2, 0) is 0 Å². The van der Waals surface area contributed by atoms with E-state index in [0.29, 0.717) is 0 Å². The van der Waals surface area contributed by atoms with Crippen LogP contribution in [-0.4, -0.2) is 40.4 Å². The van der Waals surface area contributed by atoms with E-state index >= 15 is 0 Å². The van der Waals surface area contributed by atoms with Crippen LogP contribution in [0.3, 0.4) is 0 Å². The number of hydrogen-bond donors (Lipinski definition) is 0. The Labute approximate surface area is 64.2 Å². The standard InChI is InChI=1S/Al.5FH.Mg/h;5*1H;/q+3;;;;;;+2/p-5. The Morgan fingerprint density at radius 1 is 0.429 bits per heavy atom. The van der Waals surface area contributed by atoms with Crippen LogP contribution in [0.25, 0.3) is 0 Å². The van der Waals surface area contributed by atoms with Gasteiger partial charge in [-0.15, -0.1) is 0 Å². The van der Waals surface area contributed by atoms with Crippen LogP contribution in [0.4, 0.5) is 0 Å². The predicted molar refractivity (Wildman–Crippen MR) is 11.5 cm³/mol. The minimum absolute atomic E-state index is 0. The topological polar surface area (TPSA) is 0 Å². The van der Waals surface area contributed by atoms with E-state index in [0.717, 1.165) is 0 Å². The van der Waals surface area contributed by atoms with E-state index in [4.69, 9.17) is 0 Å². The average molecular weight is 146 g/mol. The SMILES string of the molecule is [Al+3].[F-].[F-].[F-].[F-].[F-].[Mg+2]. The van der Waals surface area contributed by atoms with Gasteiger partial charge in [-0.05, 0) is 0 Å². The molecule has 0 aromatic carbocycles. The van der Waals surface area contributed by atoms with Gasteiger partial charge in [0.05, 0.1) is 0 Å². The second kappa shape index (κ2) is 273. The van der Waals surface area contributed by atoms with E-state index in [1.54, 1.807) is 0 Å². The first-order valence-electron chi connectivity index (χ1n) is 0. The number of rotatable bonds is 0. The summed E-state index contributed by atoms with van der Waals surface area (Å²) in [5.74, 6) is 0. The van der Waals surface area contributed by atoms with Gasteiger partial charge in [0.15, 0.2) is 0 Å². The molecule has 7 heavy (non-hydrogen) atoms. The van der Waals surface area contributed by atoms with E-state index in [1.807, 2.05) is 0 Å². The Morgan fingerprint density at radius 3 is 0.429 bits per heavy atom. The molecular formula is AlF5Mg. The van der Waals surface area contributed by atoms with E-state index in [-0.39, 0.29) is 63.9 Å². The van der Waals surface area contributed by atoms with E-state index < -0.39 is 0 Å². The van der Waals surface area contributed by atoms with Crippen molar-refractivity contribution in [1.29, 1.82) is 0 Å². The van der Waals surface area contributed by atoms with Crippen molar-refractivity contribution in [2.75, 3.05) is 0 Å². The van der Waals surface area contributed by atoms with Gasteiger partial charge in [-0.1, -0.05) is 0 Å². The zero-order chi connectivity index (χ0) is 0. The van der Waals surface area contributed by atoms with Crippen LogP contribution in [0.15, 0.2) is 0 Å². The molecule has 40 valence electrons. The third kappa shape index (κ3) is 189. The maximum atomic E-state index is 0. The summed E-state index contributed by atoms with van der Waals surface area (Å²) in [4.78, 5) is 0. The molecule has 0 saturated heterocycles. The van der Waals surface area contributed by atoms with Gasteiger partial charge in [0, 0.05) is 0 Å². The van der Waals surface area contributed by atoms with Crippen molar-refractivity contribution in [2.45, 2.75) is 0 Å². The summed E-state index contributed by atoms with van der Waals surface area (Å²) < 4.78 is 0. The van der Waals surface area contributed by atoms with Crippen molar-refractivity contribution in [3.8, 4) is 0 Å². The predicted octanol–water partition coefficient (Wildman–Crippen LogP) is -15.7.